The summed E-state index contributed by atoms with van der Waals surface area (Å²) >= 11 is 7.40. The van der Waals surface area contributed by atoms with E-state index in [2.05, 4.69) is 13.0 Å². The van der Waals surface area contributed by atoms with Crippen molar-refractivity contribution < 1.29 is 5.11 Å². The Hall–Kier alpha value is -0.990. The zero-order chi connectivity index (χ0) is 10.1. The smallest absolute Gasteiger partial charge is 0.134 e. The number of thiophene rings is 1. The van der Waals surface area contributed by atoms with Gasteiger partial charge >= 0.3 is 0 Å². The van der Waals surface area contributed by atoms with Gasteiger partial charge in [-0.3, -0.25) is 0 Å². The summed E-state index contributed by atoms with van der Waals surface area (Å²) in [5.74, 6) is 0.136. The number of phenolic OH excluding ortho intramolecular Hbond substituents is 1. The second kappa shape index (κ2) is 3.64. The molecule has 0 radical (unpaired) electrons. The van der Waals surface area contributed by atoms with Crippen molar-refractivity contribution in [3.63, 3.8) is 0 Å². The summed E-state index contributed by atoms with van der Waals surface area (Å²) in [6.07, 6.45) is 0. The molecule has 0 aliphatic heterocycles. The molecule has 14 heavy (non-hydrogen) atoms. The Balaban J connectivity index is 2.53. The number of aryl methyl sites for hydroxylation is 1. The van der Waals surface area contributed by atoms with Crippen molar-refractivity contribution in [3.8, 4) is 16.2 Å². The molecule has 0 bridgehead atoms. The lowest BCUT2D eigenvalue weighted by Crippen LogP contribution is -1.76. The van der Waals surface area contributed by atoms with E-state index >= 15 is 0 Å². The van der Waals surface area contributed by atoms with Crippen LogP contribution in [-0.2, 0) is 0 Å². The minimum Gasteiger partial charge on any atom is -0.506 e. The normalized spacial score (nSPS) is 10.4. The topological polar surface area (TPSA) is 20.2 Å². The molecular formula is C11H9ClOS. The first kappa shape index (κ1) is 9.56. The number of halogens is 1. The molecule has 1 nitrogen and oxygen atoms in total. The highest BCUT2D eigenvalue weighted by Gasteiger charge is 2.05. The van der Waals surface area contributed by atoms with E-state index in [0.717, 1.165) is 5.56 Å². The molecule has 72 valence electrons. The average Bonchev–Trinajstić information content (AvgIpc) is 2.57. The number of hydrogen-bond donors (Lipinski definition) is 1. The number of phenols is 1. The first-order valence-corrected chi connectivity index (χ1v) is 5.47. The molecule has 0 spiro atoms. The van der Waals surface area contributed by atoms with Crippen LogP contribution in [-0.4, -0.2) is 5.11 Å². The van der Waals surface area contributed by atoms with Crippen molar-refractivity contribution in [2.45, 2.75) is 6.92 Å². The molecule has 0 atom stereocenters. The van der Waals surface area contributed by atoms with Gasteiger partial charge in [0.05, 0.1) is 5.02 Å². The number of benzene rings is 1. The maximum Gasteiger partial charge on any atom is 0.134 e. The summed E-state index contributed by atoms with van der Waals surface area (Å²) in [5.41, 5.74) is 2.23. The van der Waals surface area contributed by atoms with Crippen molar-refractivity contribution >= 4 is 22.9 Å². The zero-order valence-electron chi connectivity index (χ0n) is 7.62. The fourth-order valence-corrected chi connectivity index (χ4v) is 2.37. The van der Waals surface area contributed by atoms with E-state index in [1.807, 2.05) is 11.4 Å². The van der Waals surface area contributed by atoms with Gasteiger partial charge in [0.15, 0.2) is 0 Å². The van der Waals surface area contributed by atoms with Crippen LogP contribution in [0.2, 0.25) is 5.02 Å². The molecule has 0 aliphatic rings. The highest BCUT2D eigenvalue weighted by Crippen LogP contribution is 2.33. The van der Waals surface area contributed by atoms with Gasteiger partial charge in [-0.05, 0) is 41.6 Å². The van der Waals surface area contributed by atoms with E-state index in [1.54, 1.807) is 23.5 Å². The Kier molecular flexibility index (Phi) is 2.48. The molecule has 1 N–H and O–H groups in total. The SMILES string of the molecule is Cc1ccsc1-c1ccc(Cl)c(O)c1. The molecule has 1 aromatic heterocycles. The Morgan fingerprint density at radius 1 is 1.29 bits per heavy atom. The van der Waals surface area contributed by atoms with Gasteiger partial charge < -0.3 is 5.11 Å². The van der Waals surface area contributed by atoms with Crippen LogP contribution in [0.15, 0.2) is 29.6 Å². The zero-order valence-corrected chi connectivity index (χ0v) is 9.19. The predicted octanol–water partition coefficient (Wildman–Crippen LogP) is 4.08. The molecule has 0 saturated heterocycles. The molecule has 0 fully saturated rings. The number of hydrogen-bond acceptors (Lipinski definition) is 2. The quantitative estimate of drug-likeness (QED) is 0.774. The molecular weight excluding hydrogens is 216 g/mol. The summed E-state index contributed by atoms with van der Waals surface area (Å²) in [7, 11) is 0. The van der Waals surface area contributed by atoms with Crippen LogP contribution < -0.4 is 0 Å². The summed E-state index contributed by atoms with van der Waals surface area (Å²) in [6, 6.07) is 7.39. The van der Waals surface area contributed by atoms with E-state index in [-0.39, 0.29) is 5.75 Å². The van der Waals surface area contributed by atoms with Gasteiger partial charge in [0.1, 0.15) is 5.75 Å². The Morgan fingerprint density at radius 3 is 2.64 bits per heavy atom. The lowest BCUT2D eigenvalue weighted by atomic mass is 10.1. The molecule has 3 heteroatoms. The van der Waals surface area contributed by atoms with Gasteiger partial charge in [-0.2, -0.15) is 0 Å². The van der Waals surface area contributed by atoms with E-state index in [4.69, 9.17) is 11.6 Å². The van der Waals surface area contributed by atoms with Gasteiger partial charge in [0.2, 0.25) is 0 Å². The average molecular weight is 225 g/mol. The summed E-state index contributed by atoms with van der Waals surface area (Å²) < 4.78 is 0. The Labute approximate surface area is 91.6 Å². The Morgan fingerprint density at radius 2 is 2.07 bits per heavy atom. The summed E-state index contributed by atoms with van der Waals surface area (Å²) in [4.78, 5) is 1.18. The van der Waals surface area contributed by atoms with Crippen molar-refractivity contribution in [2.75, 3.05) is 0 Å². The molecule has 0 saturated carbocycles. The number of aromatic hydroxyl groups is 1. The lowest BCUT2D eigenvalue weighted by molar-refractivity contribution is 0.476. The highest BCUT2D eigenvalue weighted by molar-refractivity contribution is 7.13. The molecule has 0 aliphatic carbocycles. The van der Waals surface area contributed by atoms with E-state index in [9.17, 15) is 5.11 Å². The summed E-state index contributed by atoms with van der Waals surface area (Å²) in [6.45, 7) is 2.05. The van der Waals surface area contributed by atoms with Crippen LogP contribution in [0.1, 0.15) is 5.56 Å². The van der Waals surface area contributed by atoms with Crippen LogP contribution in [0.3, 0.4) is 0 Å². The van der Waals surface area contributed by atoms with Gasteiger partial charge in [0, 0.05) is 4.88 Å². The molecule has 1 heterocycles. The molecule has 2 rings (SSSR count). The van der Waals surface area contributed by atoms with Gasteiger partial charge in [0.25, 0.3) is 0 Å². The minimum absolute atomic E-state index is 0.136. The third-order valence-corrected chi connectivity index (χ3v) is 3.46. The van der Waals surface area contributed by atoms with Crippen LogP contribution in [0.25, 0.3) is 10.4 Å². The largest absolute Gasteiger partial charge is 0.506 e. The van der Waals surface area contributed by atoms with Gasteiger partial charge in [-0.15, -0.1) is 11.3 Å². The van der Waals surface area contributed by atoms with Gasteiger partial charge in [-0.25, -0.2) is 0 Å². The highest BCUT2D eigenvalue weighted by atomic mass is 35.5. The second-order valence-corrected chi connectivity index (χ2v) is 4.42. The third-order valence-electron chi connectivity index (χ3n) is 2.07. The van der Waals surface area contributed by atoms with E-state index in [0.29, 0.717) is 5.02 Å². The van der Waals surface area contributed by atoms with Gasteiger partial charge in [-0.1, -0.05) is 17.7 Å². The van der Waals surface area contributed by atoms with Crippen LogP contribution in [0.5, 0.6) is 5.75 Å². The Bertz CT molecular complexity index is 462. The van der Waals surface area contributed by atoms with Crippen LogP contribution in [0, 0.1) is 6.92 Å². The molecule has 0 unspecified atom stereocenters. The fraction of sp³-hybridized carbons (Fsp3) is 0.0909. The molecule has 1 aromatic carbocycles. The van der Waals surface area contributed by atoms with Crippen molar-refractivity contribution in [1.29, 1.82) is 0 Å². The maximum atomic E-state index is 9.46. The van der Waals surface area contributed by atoms with Crippen LogP contribution in [0.4, 0.5) is 0 Å². The minimum atomic E-state index is 0.136. The third kappa shape index (κ3) is 1.63. The van der Waals surface area contributed by atoms with Crippen molar-refractivity contribution in [1.82, 2.24) is 0 Å². The first-order valence-electron chi connectivity index (χ1n) is 4.21. The van der Waals surface area contributed by atoms with Crippen LogP contribution >= 0.6 is 22.9 Å². The first-order chi connectivity index (χ1) is 6.68. The summed E-state index contributed by atoms with van der Waals surface area (Å²) in [5, 5.41) is 11.9. The second-order valence-electron chi connectivity index (χ2n) is 3.10. The molecule has 2 aromatic rings. The fourth-order valence-electron chi connectivity index (χ4n) is 1.32. The monoisotopic (exact) mass is 224 g/mol. The maximum absolute atomic E-state index is 9.46. The van der Waals surface area contributed by atoms with E-state index < -0.39 is 0 Å². The standard InChI is InChI=1S/C11H9ClOS/c1-7-4-5-14-11(7)8-2-3-9(12)10(13)6-8/h2-6,13H,1H3. The van der Waals surface area contributed by atoms with E-state index in [1.165, 1.54) is 10.4 Å². The lowest BCUT2D eigenvalue weighted by Gasteiger charge is -2.02. The predicted molar refractivity (Wildman–Crippen MR) is 61.2 cm³/mol. The number of rotatable bonds is 1. The van der Waals surface area contributed by atoms with Crippen molar-refractivity contribution in [3.05, 3.63) is 40.2 Å². The molecule has 0 amide bonds. The van der Waals surface area contributed by atoms with Crippen molar-refractivity contribution in [2.24, 2.45) is 0 Å².